The first-order valence-corrected chi connectivity index (χ1v) is 10.4. The van der Waals surface area contributed by atoms with Gasteiger partial charge in [-0.15, -0.1) is 0 Å². The molecule has 0 bridgehead atoms. The average molecular weight is 475 g/mol. The fourth-order valence-electron chi connectivity index (χ4n) is 3.00. The van der Waals surface area contributed by atoms with Crippen LogP contribution in [0.3, 0.4) is 0 Å². The van der Waals surface area contributed by atoms with Crippen molar-refractivity contribution in [2.45, 2.75) is 0 Å². The number of esters is 1. The van der Waals surface area contributed by atoms with Crippen LogP contribution in [0.1, 0.15) is 15.9 Å². The van der Waals surface area contributed by atoms with E-state index < -0.39 is 29.6 Å². The average Bonchev–Trinajstić information content (AvgIpc) is 3.34. The van der Waals surface area contributed by atoms with Crippen molar-refractivity contribution in [1.82, 2.24) is 4.90 Å². The second kappa shape index (κ2) is 8.93. The highest BCUT2D eigenvalue weighted by molar-refractivity contribution is 8.18. The van der Waals surface area contributed by atoms with Gasteiger partial charge in [0.2, 0.25) is 12.7 Å². The van der Waals surface area contributed by atoms with E-state index in [1.54, 1.807) is 24.3 Å². The number of halogens is 1. The number of rotatable bonds is 5. The second-order valence-electron chi connectivity index (χ2n) is 6.61. The maximum Gasteiger partial charge on any atom is 0.339 e. The summed E-state index contributed by atoms with van der Waals surface area (Å²) in [5.74, 6) is -0.712. The summed E-state index contributed by atoms with van der Waals surface area (Å²) < 4.78 is 15.2. The number of ether oxygens (including phenoxy) is 3. The van der Waals surface area contributed by atoms with Gasteiger partial charge >= 0.3 is 5.97 Å². The number of amides is 3. The van der Waals surface area contributed by atoms with Gasteiger partial charge in [-0.05, 0) is 53.7 Å². The van der Waals surface area contributed by atoms with Crippen LogP contribution in [0.2, 0.25) is 5.02 Å². The minimum atomic E-state index is -0.661. The van der Waals surface area contributed by atoms with E-state index in [0.717, 1.165) is 16.7 Å². The molecule has 0 aromatic heterocycles. The van der Waals surface area contributed by atoms with E-state index in [9.17, 15) is 19.2 Å². The first kappa shape index (κ1) is 21.7. The number of hydrogen-bond acceptors (Lipinski definition) is 8. The highest BCUT2D eigenvalue weighted by Crippen LogP contribution is 2.36. The monoisotopic (exact) mass is 474 g/mol. The third-order valence-electron chi connectivity index (χ3n) is 4.53. The van der Waals surface area contributed by atoms with E-state index in [1.165, 1.54) is 25.3 Å². The molecule has 1 N–H and O–H groups in total. The molecule has 2 aromatic carbocycles. The zero-order valence-corrected chi connectivity index (χ0v) is 18.1. The number of fused-ring (bicyclic) bond motifs is 1. The summed E-state index contributed by atoms with van der Waals surface area (Å²) in [6.07, 6.45) is 1.55. The Kier molecular flexibility index (Phi) is 6.06. The fraction of sp³-hybridized carbons (Fsp3) is 0.143. The molecule has 0 unspecified atom stereocenters. The quantitative estimate of drug-likeness (QED) is 0.517. The lowest BCUT2D eigenvalue weighted by Gasteiger charge is -2.13. The second-order valence-corrected chi connectivity index (χ2v) is 8.02. The van der Waals surface area contributed by atoms with Gasteiger partial charge in [-0.3, -0.25) is 19.3 Å². The summed E-state index contributed by atoms with van der Waals surface area (Å²) in [5, 5.41) is 2.13. The summed E-state index contributed by atoms with van der Waals surface area (Å²) >= 11 is 6.70. The molecule has 1 fully saturated rings. The summed E-state index contributed by atoms with van der Waals surface area (Å²) in [6.45, 7) is -0.363. The molecule has 2 heterocycles. The number of thioether (sulfide) groups is 1. The van der Waals surface area contributed by atoms with Crippen molar-refractivity contribution >= 4 is 58.1 Å². The first-order valence-electron chi connectivity index (χ1n) is 9.18. The molecule has 0 saturated carbocycles. The third-order valence-corrected chi connectivity index (χ3v) is 5.76. The maximum atomic E-state index is 12.7. The Bertz CT molecular complexity index is 1180. The Hall–Kier alpha value is -3.50. The van der Waals surface area contributed by atoms with E-state index in [1.807, 2.05) is 0 Å². The largest absolute Gasteiger partial charge is 0.465 e. The van der Waals surface area contributed by atoms with Gasteiger partial charge in [0.1, 0.15) is 6.54 Å². The Morgan fingerprint density at radius 3 is 2.75 bits per heavy atom. The van der Waals surface area contributed by atoms with Gasteiger partial charge in [0.25, 0.3) is 11.1 Å². The van der Waals surface area contributed by atoms with Gasteiger partial charge in [0.05, 0.1) is 22.6 Å². The first-order chi connectivity index (χ1) is 15.4. The van der Waals surface area contributed by atoms with Crippen molar-refractivity contribution in [2.24, 2.45) is 0 Å². The molecule has 1 saturated heterocycles. The van der Waals surface area contributed by atoms with Gasteiger partial charge < -0.3 is 19.5 Å². The number of carbonyl (C=O) groups is 4. The normalized spacial score (nSPS) is 15.9. The third kappa shape index (κ3) is 4.41. The van der Waals surface area contributed by atoms with Crippen molar-refractivity contribution < 1.29 is 33.4 Å². The minimum Gasteiger partial charge on any atom is -0.465 e. The van der Waals surface area contributed by atoms with Crippen molar-refractivity contribution in [3.05, 3.63) is 57.5 Å². The summed E-state index contributed by atoms with van der Waals surface area (Å²) in [7, 11) is 1.21. The number of methoxy groups -OCH3 is 1. The fourth-order valence-corrected chi connectivity index (χ4v) is 4.04. The topological polar surface area (TPSA) is 111 Å². The lowest BCUT2D eigenvalue weighted by atomic mass is 10.2. The Morgan fingerprint density at radius 2 is 1.97 bits per heavy atom. The molecule has 2 aliphatic heterocycles. The standard InChI is InChI=1S/C21H15ClN2O7S/c1-29-20(27)13-8-12(3-4-14(13)22)23-18(25)9-24-19(26)17(32-21(24)28)7-11-2-5-15-16(6-11)31-10-30-15/h2-8H,9-10H2,1H3,(H,23,25)/b17-7+. The molecule has 2 aliphatic rings. The molecular weight excluding hydrogens is 460 g/mol. The molecule has 32 heavy (non-hydrogen) atoms. The van der Waals surface area contributed by atoms with Crippen molar-refractivity contribution in [1.29, 1.82) is 0 Å². The molecule has 4 rings (SSSR count). The predicted molar refractivity (Wildman–Crippen MR) is 117 cm³/mol. The number of imide groups is 1. The molecule has 2 aromatic rings. The molecule has 164 valence electrons. The number of nitrogens with one attached hydrogen (secondary N) is 1. The van der Waals surface area contributed by atoms with Crippen LogP contribution in [0.15, 0.2) is 41.3 Å². The zero-order chi connectivity index (χ0) is 22.8. The van der Waals surface area contributed by atoms with Crippen molar-refractivity contribution in [3.63, 3.8) is 0 Å². The van der Waals surface area contributed by atoms with Crippen LogP contribution in [-0.2, 0) is 14.3 Å². The number of nitrogens with zero attached hydrogens (tertiary/aromatic N) is 1. The van der Waals surface area contributed by atoms with Gasteiger partial charge in [-0.1, -0.05) is 17.7 Å². The molecule has 0 aliphatic carbocycles. The van der Waals surface area contributed by atoms with Crippen molar-refractivity contribution in [2.75, 3.05) is 25.8 Å². The van der Waals surface area contributed by atoms with Gasteiger partial charge in [-0.25, -0.2) is 4.79 Å². The van der Waals surface area contributed by atoms with E-state index in [0.29, 0.717) is 17.1 Å². The van der Waals surface area contributed by atoms with Crippen LogP contribution >= 0.6 is 23.4 Å². The molecular formula is C21H15ClN2O7S. The minimum absolute atomic E-state index is 0.0739. The van der Waals surface area contributed by atoms with Crippen LogP contribution in [0.4, 0.5) is 10.5 Å². The smallest absolute Gasteiger partial charge is 0.339 e. The summed E-state index contributed by atoms with van der Waals surface area (Å²) in [6, 6.07) is 9.40. The predicted octanol–water partition coefficient (Wildman–Crippen LogP) is 3.53. The molecule has 0 radical (unpaired) electrons. The SMILES string of the molecule is COC(=O)c1cc(NC(=O)CN2C(=O)S/C(=C/c3ccc4c(c3)OCO4)C2=O)ccc1Cl. The number of benzene rings is 2. The Labute approximate surface area is 191 Å². The Morgan fingerprint density at radius 1 is 1.19 bits per heavy atom. The van der Waals surface area contributed by atoms with Crippen molar-refractivity contribution in [3.8, 4) is 11.5 Å². The maximum absolute atomic E-state index is 12.7. The number of hydrogen-bond donors (Lipinski definition) is 1. The highest BCUT2D eigenvalue weighted by Gasteiger charge is 2.36. The van der Waals surface area contributed by atoms with E-state index in [4.69, 9.17) is 21.1 Å². The molecule has 0 spiro atoms. The van der Waals surface area contributed by atoms with Crippen LogP contribution in [0, 0.1) is 0 Å². The van der Waals surface area contributed by atoms with E-state index in [-0.39, 0.29) is 28.0 Å². The van der Waals surface area contributed by atoms with E-state index >= 15 is 0 Å². The molecule has 11 heteroatoms. The van der Waals surface area contributed by atoms with E-state index in [2.05, 4.69) is 10.1 Å². The zero-order valence-electron chi connectivity index (χ0n) is 16.5. The molecule has 9 nitrogen and oxygen atoms in total. The van der Waals surface area contributed by atoms with Crippen LogP contribution in [-0.4, -0.2) is 48.4 Å². The van der Waals surface area contributed by atoms with Crippen LogP contribution < -0.4 is 14.8 Å². The summed E-state index contributed by atoms with van der Waals surface area (Å²) in [5.41, 5.74) is 0.994. The van der Waals surface area contributed by atoms with Crippen LogP contribution in [0.5, 0.6) is 11.5 Å². The molecule has 0 atom stereocenters. The summed E-state index contributed by atoms with van der Waals surface area (Å²) in [4.78, 5) is 50.2. The Balaban J connectivity index is 1.44. The van der Waals surface area contributed by atoms with Gasteiger partial charge in [0.15, 0.2) is 11.5 Å². The number of carbonyl (C=O) groups excluding carboxylic acids is 4. The van der Waals surface area contributed by atoms with Gasteiger partial charge in [-0.2, -0.15) is 0 Å². The number of anilines is 1. The lowest BCUT2D eigenvalue weighted by Crippen LogP contribution is -2.36. The lowest BCUT2D eigenvalue weighted by molar-refractivity contribution is -0.127. The van der Waals surface area contributed by atoms with Crippen LogP contribution in [0.25, 0.3) is 6.08 Å². The van der Waals surface area contributed by atoms with Gasteiger partial charge in [0, 0.05) is 5.69 Å². The molecule has 3 amide bonds. The highest BCUT2D eigenvalue weighted by atomic mass is 35.5.